The Morgan fingerprint density at radius 2 is 1.79 bits per heavy atom. The van der Waals surface area contributed by atoms with Gasteiger partial charge >= 0.3 is 6.18 Å². The van der Waals surface area contributed by atoms with E-state index in [0.29, 0.717) is 6.54 Å². The molecule has 0 spiro atoms. The lowest BCUT2D eigenvalue weighted by atomic mass is 10.1. The van der Waals surface area contributed by atoms with Gasteiger partial charge in [0.05, 0.1) is 18.2 Å². The Morgan fingerprint density at radius 1 is 1.12 bits per heavy atom. The van der Waals surface area contributed by atoms with Crippen LogP contribution in [0.2, 0.25) is 0 Å². The lowest BCUT2D eigenvalue weighted by Crippen LogP contribution is -2.40. The van der Waals surface area contributed by atoms with E-state index in [-0.39, 0.29) is 18.0 Å². The maximum absolute atomic E-state index is 12.4. The summed E-state index contributed by atoms with van der Waals surface area (Å²) in [6.07, 6.45) is -2.37. The average Bonchev–Trinajstić information content (AvgIpc) is 2.95. The number of carbonyl (C=O) groups excluding carboxylic acids is 2. The van der Waals surface area contributed by atoms with E-state index >= 15 is 0 Å². The van der Waals surface area contributed by atoms with Gasteiger partial charge < -0.3 is 15.7 Å². The Labute approximate surface area is 137 Å². The van der Waals surface area contributed by atoms with Crippen LogP contribution in [0.15, 0.2) is 24.3 Å². The number of nitrogens with one attached hydrogen (secondary N) is 2. The van der Waals surface area contributed by atoms with Gasteiger partial charge in [0, 0.05) is 18.0 Å². The fourth-order valence-electron chi connectivity index (χ4n) is 2.64. The molecule has 2 unspecified atom stereocenters. The summed E-state index contributed by atoms with van der Waals surface area (Å²) >= 11 is 0. The van der Waals surface area contributed by atoms with Crippen molar-refractivity contribution in [1.29, 1.82) is 0 Å². The Bertz CT molecular complexity index is 587. The van der Waals surface area contributed by atoms with Crippen molar-refractivity contribution >= 4 is 11.8 Å². The number of halogens is 3. The molecule has 0 bridgehead atoms. The highest BCUT2D eigenvalue weighted by molar-refractivity contribution is 5.96. The topological polar surface area (TPSA) is 78.4 Å². The maximum atomic E-state index is 12.4. The van der Waals surface area contributed by atoms with Gasteiger partial charge in [0.25, 0.3) is 5.91 Å². The zero-order valence-corrected chi connectivity index (χ0v) is 12.9. The van der Waals surface area contributed by atoms with E-state index in [9.17, 15) is 27.9 Å². The first-order valence-electron chi connectivity index (χ1n) is 7.67. The third-order valence-electron chi connectivity index (χ3n) is 4.06. The maximum Gasteiger partial charge on any atom is 0.416 e. The molecule has 0 radical (unpaired) electrons. The number of alkyl halides is 3. The molecule has 2 rings (SSSR count). The molecule has 2 amide bonds. The standard InChI is InChI=1S/C16H19F3N2O3/c17-16(18,19)12-6-4-10(5-7-12)15(24)21-9-14(23)20-8-11-2-1-3-13(11)22/h4-7,11,13,22H,1-3,8-9H2,(H,20,23)(H,21,24). The molecular formula is C16H19F3N2O3. The number of benzene rings is 1. The van der Waals surface area contributed by atoms with E-state index in [1.807, 2.05) is 0 Å². The third kappa shape index (κ3) is 4.95. The first-order valence-corrected chi connectivity index (χ1v) is 7.67. The summed E-state index contributed by atoms with van der Waals surface area (Å²) in [5.41, 5.74) is -0.797. The molecule has 1 aromatic carbocycles. The molecule has 1 aromatic rings. The van der Waals surface area contributed by atoms with Crippen molar-refractivity contribution in [3.8, 4) is 0 Å². The highest BCUT2D eigenvalue weighted by atomic mass is 19.4. The van der Waals surface area contributed by atoms with Crippen molar-refractivity contribution in [2.45, 2.75) is 31.5 Å². The molecule has 1 saturated carbocycles. The number of aliphatic hydroxyl groups is 1. The quantitative estimate of drug-likeness (QED) is 0.761. The van der Waals surface area contributed by atoms with E-state index in [1.165, 1.54) is 0 Å². The summed E-state index contributed by atoms with van der Waals surface area (Å²) in [7, 11) is 0. The Kier molecular flexibility index (Phi) is 5.82. The summed E-state index contributed by atoms with van der Waals surface area (Å²) in [5, 5.41) is 14.6. The first kappa shape index (κ1) is 18.3. The number of amides is 2. The van der Waals surface area contributed by atoms with E-state index in [0.717, 1.165) is 43.5 Å². The van der Waals surface area contributed by atoms with Gasteiger partial charge in [-0.05, 0) is 37.1 Å². The molecule has 1 aliphatic carbocycles. The van der Waals surface area contributed by atoms with Gasteiger partial charge in [0.2, 0.25) is 5.91 Å². The van der Waals surface area contributed by atoms with Crippen molar-refractivity contribution < 1.29 is 27.9 Å². The predicted molar refractivity (Wildman–Crippen MR) is 80.1 cm³/mol. The largest absolute Gasteiger partial charge is 0.416 e. The van der Waals surface area contributed by atoms with Crippen LogP contribution in [0.3, 0.4) is 0 Å². The number of rotatable bonds is 5. The Morgan fingerprint density at radius 3 is 2.33 bits per heavy atom. The lowest BCUT2D eigenvalue weighted by molar-refractivity contribution is -0.137. The fourth-order valence-corrected chi connectivity index (χ4v) is 2.64. The van der Waals surface area contributed by atoms with Crippen LogP contribution >= 0.6 is 0 Å². The zero-order valence-electron chi connectivity index (χ0n) is 12.9. The van der Waals surface area contributed by atoms with Crippen LogP contribution in [0.5, 0.6) is 0 Å². The van der Waals surface area contributed by atoms with Crippen LogP contribution in [0.4, 0.5) is 13.2 Å². The number of hydrogen-bond acceptors (Lipinski definition) is 3. The Balaban J connectivity index is 1.77. The fraction of sp³-hybridized carbons (Fsp3) is 0.500. The summed E-state index contributed by atoms with van der Waals surface area (Å²) in [6.45, 7) is 0.0683. The van der Waals surface area contributed by atoms with Gasteiger partial charge in [-0.25, -0.2) is 0 Å². The van der Waals surface area contributed by atoms with Crippen LogP contribution in [0.1, 0.15) is 35.2 Å². The Hall–Kier alpha value is -2.09. The SMILES string of the molecule is O=C(CNC(=O)c1ccc(C(F)(F)F)cc1)NCC1CCCC1O. The van der Waals surface area contributed by atoms with Crippen LogP contribution in [-0.2, 0) is 11.0 Å². The molecule has 5 nitrogen and oxygen atoms in total. The molecule has 0 aromatic heterocycles. The van der Waals surface area contributed by atoms with Crippen molar-refractivity contribution in [2.24, 2.45) is 5.92 Å². The second kappa shape index (κ2) is 7.65. The minimum Gasteiger partial charge on any atom is -0.393 e. The summed E-state index contributed by atoms with van der Waals surface area (Å²) in [4.78, 5) is 23.5. The van der Waals surface area contributed by atoms with Gasteiger partial charge in [-0.1, -0.05) is 6.42 Å². The highest BCUT2D eigenvalue weighted by Crippen LogP contribution is 2.29. The molecule has 0 aliphatic heterocycles. The van der Waals surface area contributed by atoms with Crippen LogP contribution in [-0.4, -0.2) is 36.1 Å². The van der Waals surface area contributed by atoms with Gasteiger partial charge in [0.15, 0.2) is 0 Å². The molecule has 1 aliphatic rings. The van der Waals surface area contributed by atoms with Gasteiger partial charge in [-0.15, -0.1) is 0 Å². The molecule has 3 N–H and O–H groups in total. The number of hydrogen-bond donors (Lipinski definition) is 3. The monoisotopic (exact) mass is 344 g/mol. The van der Waals surface area contributed by atoms with Gasteiger partial charge in [-0.3, -0.25) is 9.59 Å². The molecule has 1 fully saturated rings. The molecular weight excluding hydrogens is 325 g/mol. The smallest absolute Gasteiger partial charge is 0.393 e. The van der Waals surface area contributed by atoms with E-state index in [2.05, 4.69) is 10.6 Å². The summed E-state index contributed by atoms with van der Waals surface area (Å²) in [5.74, 6) is -1.01. The average molecular weight is 344 g/mol. The second-order valence-corrected chi connectivity index (χ2v) is 5.82. The lowest BCUT2D eigenvalue weighted by Gasteiger charge is -2.15. The van der Waals surface area contributed by atoms with Crippen LogP contribution in [0.25, 0.3) is 0 Å². The van der Waals surface area contributed by atoms with Crippen molar-refractivity contribution in [3.63, 3.8) is 0 Å². The van der Waals surface area contributed by atoms with Crippen molar-refractivity contribution in [2.75, 3.05) is 13.1 Å². The number of carbonyl (C=O) groups is 2. The van der Waals surface area contributed by atoms with E-state index < -0.39 is 29.7 Å². The molecule has 0 saturated heterocycles. The third-order valence-corrected chi connectivity index (χ3v) is 4.06. The van der Waals surface area contributed by atoms with Crippen molar-refractivity contribution in [1.82, 2.24) is 10.6 Å². The molecule has 132 valence electrons. The minimum absolute atomic E-state index is 0.0274. The molecule has 8 heteroatoms. The second-order valence-electron chi connectivity index (χ2n) is 5.82. The zero-order chi connectivity index (χ0) is 17.7. The van der Waals surface area contributed by atoms with Crippen molar-refractivity contribution in [3.05, 3.63) is 35.4 Å². The van der Waals surface area contributed by atoms with Crippen LogP contribution < -0.4 is 10.6 Å². The molecule has 24 heavy (non-hydrogen) atoms. The number of aliphatic hydroxyl groups excluding tert-OH is 1. The van der Waals surface area contributed by atoms with E-state index in [1.54, 1.807) is 0 Å². The van der Waals surface area contributed by atoms with Gasteiger partial charge in [-0.2, -0.15) is 13.2 Å². The van der Waals surface area contributed by atoms with E-state index in [4.69, 9.17) is 0 Å². The molecule has 2 atom stereocenters. The van der Waals surface area contributed by atoms with Crippen LogP contribution in [0, 0.1) is 5.92 Å². The highest BCUT2D eigenvalue weighted by Gasteiger charge is 2.30. The van der Waals surface area contributed by atoms with Gasteiger partial charge in [0.1, 0.15) is 0 Å². The first-order chi connectivity index (χ1) is 11.3. The summed E-state index contributed by atoms with van der Waals surface area (Å²) < 4.78 is 37.3. The predicted octanol–water partition coefficient (Wildman–Crippen LogP) is 1.71. The normalized spacial score (nSPS) is 20.7. The minimum atomic E-state index is -4.46. The molecule has 0 heterocycles. The summed E-state index contributed by atoms with van der Waals surface area (Å²) in [6, 6.07) is 3.75.